The molecule has 158 valence electrons. The fourth-order valence-corrected chi connectivity index (χ4v) is 5.36. The van der Waals surface area contributed by atoms with Gasteiger partial charge >= 0.3 is 0 Å². The molecule has 0 unspecified atom stereocenters. The van der Waals surface area contributed by atoms with Gasteiger partial charge in [-0.2, -0.15) is 9.57 Å². The van der Waals surface area contributed by atoms with E-state index in [4.69, 9.17) is 5.26 Å². The van der Waals surface area contributed by atoms with E-state index in [1.165, 1.54) is 10.4 Å². The number of nitrogens with zero attached hydrogens (tertiary/aromatic N) is 4. The van der Waals surface area contributed by atoms with Gasteiger partial charge in [0.2, 0.25) is 10.0 Å². The van der Waals surface area contributed by atoms with Gasteiger partial charge in [0.25, 0.3) is 5.91 Å². The number of hydrogen-bond acceptors (Lipinski definition) is 5. The number of carbonyl (C=O) groups excluding carboxylic acids is 1. The number of piperidine rings is 1. The average molecular weight is 427 g/mol. The number of aromatic nitrogens is 1. The van der Waals surface area contributed by atoms with Crippen LogP contribution in [0.4, 0.5) is 0 Å². The summed E-state index contributed by atoms with van der Waals surface area (Å²) in [6, 6.07) is 10.5. The molecular formula is C22H26N4O3S. The zero-order chi connectivity index (χ0) is 21.6. The molecule has 8 heteroatoms. The van der Waals surface area contributed by atoms with E-state index in [0.29, 0.717) is 30.8 Å². The average Bonchev–Trinajstić information content (AvgIpc) is 2.77. The monoisotopic (exact) mass is 426 g/mol. The standard InChI is InChI=1S/C22H26N4O3S/c1-18-8-9-20(15-21(18)30(28,29)26-13-3-2-4-14-26)22(27)25(12-6-10-23)17-19-7-5-11-24-16-19/h5,7-9,11,15-16H,2-4,6,12-14,17H2,1H3. The summed E-state index contributed by atoms with van der Waals surface area (Å²) in [7, 11) is -3.65. The summed E-state index contributed by atoms with van der Waals surface area (Å²) < 4.78 is 27.8. The van der Waals surface area contributed by atoms with Crippen LogP contribution in [0, 0.1) is 18.3 Å². The number of aryl methyl sites for hydroxylation is 1. The van der Waals surface area contributed by atoms with Crippen LogP contribution in [-0.4, -0.2) is 48.1 Å². The van der Waals surface area contributed by atoms with Crippen molar-refractivity contribution in [2.75, 3.05) is 19.6 Å². The minimum absolute atomic E-state index is 0.178. The lowest BCUT2D eigenvalue weighted by atomic mass is 10.1. The maximum atomic E-state index is 13.2. The molecule has 0 spiro atoms. The molecule has 0 N–H and O–H groups in total. The highest BCUT2D eigenvalue weighted by molar-refractivity contribution is 7.89. The van der Waals surface area contributed by atoms with E-state index in [-0.39, 0.29) is 23.8 Å². The predicted octanol–water partition coefficient (Wildman–Crippen LogP) is 3.12. The Balaban J connectivity index is 1.90. The molecule has 1 aliphatic rings. The van der Waals surface area contributed by atoms with Gasteiger partial charge in [-0.05, 0) is 49.1 Å². The maximum absolute atomic E-state index is 13.2. The predicted molar refractivity (Wildman–Crippen MR) is 113 cm³/mol. The second-order valence-corrected chi connectivity index (χ2v) is 9.35. The largest absolute Gasteiger partial charge is 0.333 e. The molecule has 1 amide bonds. The van der Waals surface area contributed by atoms with Crippen LogP contribution in [0.3, 0.4) is 0 Å². The van der Waals surface area contributed by atoms with Gasteiger partial charge in [-0.15, -0.1) is 0 Å². The van der Waals surface area contributed by atoms with Crippen molar-refractivity contribution in [2.45, 2.75) is 44.0 Å². The third-order valence-electron chi connectivity index (χ3n) is 5.24. The second kappa shape index (κ2) is 9.83. The van der Waals surface area contributed by atoms with Crippen molar-refractivity contribution >= 4 is 15.9 Å². The van der Waals surface area contributed by atoms with Crippen molar-refractivity contribution in [1.82, 2.24) is 14.2 Å². The van der Waals surface area contributed by atoms with Gasteiger partial charge in [-0.1, -0.05) is 18.6 Å². The van der Waals surface area contributed by atoms with Crippen molar-refractivity contribution in [2.24, 2.45) is 0 Å². The lowest BCUT2D eigenvalue weighted by Crippen LogP contribution is -2.36. The van der Waals surface area contributed by atoms with Crippen molar-refractivity contribution in [1.29, 1.82) is 5.26 Å². The molecule has 2 heterocycles. The van der Waals surface area contributed by atoms with Crippen LogP contribution in [0.15, 0.2) is 47.6 Å². The van der Waals surface area contributed by atoms with E-state index in [1.807, 2.05) is 6.07 Å². The highest BCUT2D eigenvalue weighted by Crippen LogP contribution is 2.25. The van der Waals surface area contributed by atoms with Gasteiger partial charge in [0, 0.05) is 44.1 Å². The summed E-state index contributed by atoms with van der Waals surface area (Å²) in [5.74, 6) is -0.302. The van der Waals surface area contributed by atoms with Crippen LogP contribution < -0.4 is 0 Å². The Morgan fingerprint density at radius 2 is 2.00 bits per heavy atom. The Labute approximate surface area is 178 Å². The number of sulfonamides is 1. The summed E-state index contributed by atoms with van der Waals surface area (Å²) in [5.41, 5.74) is 1.77. The Morgan fingerprint density at radius 1 is 1.23 bits per heavy atom. The van der Waals surface area contributed by atoms with Gasteiger partial charge in [0.1, 0.15) is 0 Å². The van der Waals surface area contributed by atoms with Gasteiger partial charge in [0.15, 0.2) is 0 Å². The lowest BCUT2D eigenvalue weighted by molar-refractivity contribution is 0.0746. The Hall–Kier alpha value is -2.76. The first kappa shape index (κ1) is 21.9. The van der Waals surface area contributed by atoms with E-state index in [0.717, 1.165) is 24.8 Å². The highest BCUT2D eigenvalue weighted by Gasteiger charge is 2.28. The number of nitriles is 1. The van der Waals surface area contributed by atoms with E-state index >= 15 is 0 Å². The lowest BCUT2D eigenvalue weighted by Gasteiger charge is -2.27. The van der Waals surface area contributed by atoms with Crippen LogP contribution in [0.2, 0.25) is 0 Å². The van der Waals surface area contributed by atoms with Gasteiger partial charge in [-0.25, -0.2) is 8.42 Å². The van der Waals surface area contributed by atoms with Crippen molar-refractivity contribution < 1.29 is 13.2 Å². The minimum atomic E-state index is -3.65. The fraction of sp³-hybridized carbons (Fsp3) is 0.409. The van der Waals surface area contributed by atoms with Gasteiger partial charge in [0.05, 0.1) is 17.4 Å². The zero-order valence-corrected chi connectivity index (χ0v) is 17.9. The molecule has 1 aliphatic heterocycles. The Kier molecular flexibility index (Phi) is 7.19. The summed E-state index contributed by atoms with van der Waals surface area (Å²) in [4.78, 5) is 19.0. The summed E-state index contributed by atoms with van der Waals surface area (Å²) in [6.45, 7) is 3.32. The third-order valence-corrected chi connectivity index (χ3v) is 7.29. The molecular weight excluding hydrogens is 400 g/mol. The number of benzene rings is 1. The SMILES string of the molecule is Cc1ccc(C(=O)N(CCC#N)Cc2cccnc2)cc1S(=O)(=O)N1CCCCC1. The van der Waals surface area contributed by atoms with E-state index in [9.17, 15) is 13.2 Å². The van der Waals surface area contributed by atoms with Crippen LogP contribution in [0.1, 0.15) is 47.2 Å². The van der Waals surface area contributed by atoms with Crippen LogP contribution in [0.25, 0.3) is 0 Å². The van der Waals surface area contributed by atoms with Crippen LogP contribution in [0.5, 0.6) is 0 Å². The number of pyridine rings is 1. The molecule has 2 aromatic rings. The molecule has 0 atom stereocenters. The van der Waals surface area contributed by atoms with Crippen molar-refractivity contribution in [3.05, 3.63) is 59.4 Å². The molecule has 1 saturated heterocycles. The summed E-state index contributed by atoms with van der Waals surface area (Å²) >= 11 is 0. The van der Waals surface area contributed by atoms with Gasteiger partial charge < -0.3 is 4.90 Å². The quantitative estimate of drug-likeness (QED) is 0.678. The fourth-order valence-electron chi connectivity index (χ4n) is 3.59. The highest BCUT2D eigenvalue weighted by atomic mass is 32.2. The molecule has 0 aliphatic carbocycles. The first-order valence-electron chi connectivity index (χ1n) is 10.1. The van der Waals surface area contributed by atoms with E-state index in [2.05, 4.69) is 11.1 Å². The molecule has 0 radical (unpaired) electrons. The third kappa shape index (κ3) is 5.04. The zero-order valence-electron chi connectivity index (χ0n) is 17.1. The first-order valence-corrected chi connectivity index (χ1v) is 11.5. The van der Waals surface area contributed by atoms with E-state index < -0.39 is 10.0 Å². The van der Waals surface area contributed by atoms with Gasteiger partial charge in [-0.3, -0.25) is 9.78 Å². The molecule has 30 heavy (non-hydrogen) atoms. The summed E-state index contributed by atoms with van der Waals surface area (Å²) in [5, 5.41) is 8.98. The molecule has 1 aromatic heterocycles. The molecule has 1 fully saturated rings. The normalized spacial score (nSPS) is 14.8. The molecule has 1 aromatic carbocycles. The van der Waals surface area contributed by atoms with Crippen LogP contribution in [-0.2, 0) is 16.6 Å². The molecule has 3 rings (SSSR count). The Bertz CT molecular complexity index is 1030. The topological polar surface area (TPSA) is 94.4 Å². The maximum Gasteiger partial charge on any atom is 0.254 e. The Morgan fingerprint density at radius 3 is 2.67 bits per heavy atom. The van der Waals surface area contributed by atoms with Crippen LogP contribution >= 0.6 is 0 Å². The smallest absolute Gasteiger partial charge is 0.254 e. The summed E-state index contributed by atoms with van der Waals surface area (Å²) in [6.07, 6.45) is 6.26. The molecule has 0 saturated carbocycles. The molecule has 7 nitrogen and oxygen atoms in total. The number of hydrogen-bond donors (Lipinski definition) is 0. The number of carbonyl (C=O) groups is 1. The minimum Gasteiger partial charge on any atom is -0.333 e. The number of rotatable bonds is 7. The first-order chi connectivity index (χ1) is 14.4. The second-order valence-electron chi connectivity index (χ2n) is 7.44. The van der Waals surface area contributed by atoms with Crippen molar-refractivity contribution in [3.8, 4) is 6.07 Å². The van der Waals surface area contributed by atoms with Crippen molar-refractivity contribution in [3.63, 3.8) is 0 Å². The van der Waals surface area contributed by atoms with E-state index in [1.54, 1.807) is 42.4 Å². The number of amides is 1. The molecule has 0 bridgehead atoms.